The Labute approximate surface area is 129 Å². The standard InChI is InChI=1S/C19H30O2/c1-13-8-7-11-16-17(20)18(21-3)15(12-19(13,16)2)14-9-5-4-6-10-14/h9,13,15-16,18H,4-8,10-12H2,1-3H3. The number of carbonyl (C=O) groups excluding carboxylic acids is 1. The molecule has 0 N–H and O–H groups in total. The molecule has 2 fully saturated rings. The molecule has 0 saturated heterocycles. The van der Waals surface area contributed by atoms with Gasteiger partial charge in [-0.3, -0.25) is 4.79 Å². The Kier molecular flexibility index (Phi) is 4.27. The molecule has 3 rings (SSSR count). The minimum atomic E-state index is -0.183. The van der Waals surface area contributed by atoms with E-state index in [-0.39, 0.29) is 17.4 Å². The van der Waals surface area contributed by atoms with E-state index < -0.39 is 0 Å². The van der Waals surface area contributed by atoms with Crippen molar-refractivity contribution in [1.82, 2.24) is 0 Å². The van der Waals surface area contributed by atoms with Crippen molar-refractivity contribution < 1.29 is 9.53 Å². The number of hydrogen-bond donors (Lipinski definition) is 0. The first-order valence-electron chi connectivity index (χ1n) is 8.83. The van der Waals surface area contributed by atoms with Crippen molar-refractivity contribution >= 4 is 5.78 Å². The third kappa shape index (κ3) is 2.50. The second-order valence-electron chi connectivity index (χ2n) is 7.78. The van der Waals surface area contributed by atoms with Gasteiger partial charge in [-0.25, -0.2) is 0 Å². The lowest BCUT2D eigenvalue weighted by molar-refractivity contribution is -0.154. The zero-order valence-corrected chi connectivity index (χ0v) is 13.9. The zero-order valence-electron chi connectivity index (χ0n) is 13.9. The predicted octanol–water partition coefficient (Wildman–Crippen LogP) is 4.53. The van der Waals surface area contributed by atoms with Crippen LogP contribution < -0.4 is 0 Å². The quantitative estimate of drug-likeness (QED) is 0.698. The summed E-state index contributed by atoms with van der Waals surface area (Å²) in [5.74, 6) is 1.62. The first-order chi connectivity index (χ1) is 10.1. The Morgan fingerprint density at radius 2 is 2.05 bits per heavy atom. The number of carbonyl (C=O) groups is 1. The van der Waals surface area contributed by atoms with Gasteiger partial charge >= 0.3 is 0 Å². The topological polar surface area (TPSA) is 26.3 Å². The molecule has 21 heavy (non-hydrogen) atoms. The largest absolute Gasteiger partial charge is 0.373 e. The van der Waals surface area contributed by atoms with Crippen molar-refractivity contribution in [3.8, 4) is 0 Å². The predicted molar refractivity (Wildman–Crippen MR) is 85.1 cm³/mol. The van der Waals surface area contributed by atoms with Gasteiger partial charge in [-0.1, -0.05) is 38.3 Å². The molecule has 0 aromatic heterocycles. The molecule has 0 aliphatic heterocycles. The van der Waals surface area contributed by atoms with Crippen LogP contribution in [0.25, 0.3) is 0 Å². The number of methoxy groups -OCH3 is 1. The van der Waals surface area contributed by atoms with Crippen LogP contribution in [0, 0.1) is 23.2 Å². The Hall–Kier alpha value is -0.630. The van der Waals surface area contributed by atoms with E-state index in [1.54, 1.807) is 7.11 Å². The first-order valence-corrected chi connectivity index (χ1v) is 8.83. The maximum atomic E-state index is 13.0. The Morgan fingerprint density at radius 3 is 2.71 bits per heavy atom. The van der Waals surface area contributed by atoms with Crippen LogP contribution in [0.4, 0.5) is 0 Å². The number of ketones is 1. The van der Waals surface area contributed by atoms with E-state index in [0.29, 0.717) is 17.6 Å². The molecule has 3 aliphatic rings. The highest BCUT2D eigenvalue weighted by Gasteiger charge is 2.54. The molecule has 3 aliphatic carbocycles. The van der Waals surface area contributed by atoms with Crippen molar-refractivity contribution in [3.05, 3.63) is 11.6 Å². The van der Waals surface area contributed by atoms with Gasteiger partial charge in [0.25, 0.3) is 0 Å². The number of fused-ring (bicyclic) bond motifs is 1. The molecule has 0 amide bonds. The summed E-state index contributed by atoms with van der Waals surface area (Å²) in [4.78, 5) is 13.0. The van der Waals surface area contributed by atoms with Crippen LogP contribution in [0.3, 0.4) is 0 Å². The van der Waals surface area contributed by atoms with Crippen molar-refractivity contribution in [2.75, 3.05) is 7.11 Å². The molecule has 2 heteroatoms. The van der Waals surface area contributed by atoms with E-state index in [0.717, 1.165) is 12.8 Å². The van der Waals surface area contributed by atoms with Crippen LogP contribution in [0.15, 0.2) is 11.6 Å². The van der Waals surface area contributed by atoms with Gasteiger partial charge in [-0.2, -0.15) is 0 Å². The zero-order chi connectivity index (χ0) is 15.0. The van der Waals surface area contributed by atoms with Crippen LogP contribution in [0.2, 0.25) is 0 Å². The molecule has 0 aromatic carbocycles. The molecule has 118 valence electrons. The van der Waals surface area contributed by atoms with Crippen molar-refractivity contribution in [3.63, 3.8) is 0 Å². The molecule has 0 bridgehead atoms. The number of allylic oxidation sites excluding steroid dienone is 1. The fourth-order valence-electron chi connectivity index (χ4n) is 5.22. The molecule has 2 saturated carbocycles. The van der Waals surface area contributed by atoms with Gasteiger partial charge in [0.1, 0.15) is 6.10 Å². The Balaban J connectivity index is 1.93. The first kappa shape index (κ1) is 15.3. The van der Waals surface area contributed by atoms with E-state index in [4.69, 9.17) is 4.74 Å². The van der Waals surface area contributed by atoms with E-state index >= 15 is 0 Å². The lowest BCUT2D eigenvalue weighted by Crippen LogP contribution is -2.54. The molecule has 0 radical (unpaired) electrons. The average Bonchev–Trinajstić information content (AvgIpc) is 2.50. The van der Waals surface area contributed by atoms with Crippen molar-refractivity contribution in [2.45, 2.75) is 71.3 Å². The second kappa shape index (κ2) is 5.87. The molecule has 0 heterocycles. The van der Waals surface area contributed by atoms with Crippen molar-refractivity contribution in [1.29, 1.82) is 0 Å². The minimum absolute atomic E-state index is 0.183. The smallest absolute Gasteiger partial charge is 0.165 e. The van der Waals surface area contributed by atoms with Crippen LogP contribution in [0.1, 0.15) is 65.2 Å². The summed E-state index contributed by atoms with van der Waals surface area (Å²) in [5, 5.41) is 0. The molecular formula is C19H30O2. The summed E-state index contributed by atoms with van der Waals surface area (Å²) in [6.07, 6.45) is 11.9. The summed E-state index contributed by atoms with van der Waals surface area (Å²) in [7, 11) is 1.73. The van der Waals surface area contributed by atoms with Gasteiger partial charge in [0, 0.05) is 18.9 Å². The lowest BCUT2D eigenvalue weighted by atomic mass is 9.52. The van der Waals surface area contributed by atoms with E-state index in [9.17, 15) is 4.79 Å². The van der Waals surface area contributed by atoms with Crippen LogP contribution in [0.5, 0.6) is 0 Å². The van der Waals surface area contributed by atoms with Crippen molar-refractivity contribution in [2.24, 2.45) is 23.2 Å². The van der Waals surface area contributed by atoms with Crippen LogP contribution in [-0.4, -0.2) is 19.0 Å². The lowest BCUT2D eigenvalue weighted by Gasteiger charge is -2.53. The average molecular weight is 290 g/mol. The molecule has 5 unspecified atom stereocenters. The fourth-order valence-corrected chi connectivity index (χ4v) is 5.22. The number of rotatable bonds is 2. The molecule has 2 nitrogen and oxygen atoms in total. The van der Waals surface area contributed by atoms with E-state index in [1.807, 2.05) is 0 Å². The van der Waals surface area contributed by atoms with Gasteiger partial charge in [0.2, 0.25) is 0 Å². The molecular weight excluding hydrogens is 260 g/mol. The Bertz CT molecular complexity index is 439. The highest BCUT2D eigenvalue weighted by molar-refractivity contribution is 5.88. The maximum Gasteiger partial charge on any atom is 0.165 e. The van der Waals surface area contributed by atoms with Gasteiger partial charge in [0.15, 0.2) is 5.78 Å². The number of hydrogen-bond acceptors (Lipinski definition) is 2. The summed E-state index contributed by atoms with van der Waals surface area (Å²) in [5.41, 5.74) is 1.70. The maximum absolute atomic E-state index is 13.0. The molecule has 5 atom stereocenters. The monoisotopic (exact) mass is 290 g/mol. The van der Waals surface area contributed by atoms with Gasteiger partial charge < -0.3 is 4.74 Å². The van der Waals surface area contributed by atoms with Gasteiger partial charge in [-0.05, 0) is 49.9 Å². The minimum Gasteiger partial charge on any atom is -0.373 e. The van der Waals surface area contributed by atoms with E-state index in [2.05, 4.69) is 19.9 Å². The summed E-state index contributed by atoms with van der Waals surface area (Å²) < 4.78 is 5.71. The normalized spacial score (nSPS) is 44.1. The number of Topliss-reactive ketones (excluding diaryl/α,β-unsaturated/α-hetero) is 1. The third-order valence-corrected chi connectivity index (χ3v) is 6.76. The molecule has 0 spiro atoms. The van der Waals surface area contributed by atoms with Crippen LogP contribution >= 0.6 is 0 Å². The third-order valence-electron chi connectivity index (χ3n) is 6.76. The highest BCUT2D eigenvalue weighted by atomic mass is 16.5. The number of ether oxygens (including phenoxy) is 1. The highest BCUT2D eigenvalue weighted by Crippen LogP contribution is 2.55. The van der Waals surface area contributed by atoms with Crippen LogP contribution in [-0.2, 0) is 9.53 Å². The second-order valence-corrected chi connectivity index (χ2v) is 7.78. The Morgan fingerprint density at radius 1 is 1.24 bits per heavy atom. The van der Waals surface area contributed by atoms with Gasteiger partial charge in [-0.15, -0.1) is 0 Å². The van der Waals surface area contributed by atoms with Gasteiger partial charge in [0.05, 0.1) is 0 Å². The summed E-state index contributed by atoms with van der Waals surface area (Å²) in [6.45, 7) is 4.74. The molecule has 0 aromatic rings. The summed E-state index contributed by atoms with van der Waals surface area (Å²) >= 11 is 0. The van der Waals surface area contributed by atoms with E-state index in [1.165, 1.54) is 44.1 Å². The summed E-state index contributed by atoms with van der Waals surface area (Å²) in [6, 6.07) is 0. The SMILES string of the molecule is COC1C(=O)C2CCCC(C)C2(C)CC1C1=CCCCC1. The fraction of sp³-hybridized carbons (Fsp3) is 0.842.